The van der Waals surface area contributed by atoms with Crippen LogP contribution in [0.3, 0.4) is 0 Å². The summed E-state index contributed by atoms with van der Waals surface area (Å²) in [6, 6.07) is 17.4. The summed E-state index contributed by atoms with van der Waals surface area (Å²) in [4.78, 5) is 12.8. The molecule has 0 saturated carbocycles. The minimum absolute atomic E-state index is 0.0666. The molecule has 1 aromatic heterocycles. The van der Waals surface area contributed by atoms with E-state index in [2.05, 4.69) is 23.7 Å². The minimum atomic E-state index is -0.0666. The van der Waals surface area contributed by atoms with E-state index in [9.17, 15) is 4.79 Å². The lowest BCUT2D eigenvalue weighted by Gasteiger charge is -2.14. The number of methoxy groups -OCH3 is 1. The Balaban J connectivity index is 2.14. The summed E-state index contributed by atoms with van der Waals surface area (Å²) < 4.78 is 7.47. The lowest BCUT2D eigenvalue weighted by atomic mass is 10.1. The van der Waals surface area contributed by atoms with E-state index in [-0.39, 0.29) is 5.91 Å². The van der Waals surface area contributed by atoms with Gasteiger partial charge < -0.3 is 14.6 Å². The Morgan fingerprint density at radius 2 is 1.86 bits per heavy atom. The Morgan fingerprint density at radius 3 is 2.50 bits per heavy atom. The SMILES string of the molecule is COc1cccc(-n2c(-c3ccc(Cl)cc3)cc(C(=O)NCC(C)C)c2C)c1. The molecule has 2 aromatic carbocycles. The van der Waals surface area contributed by atoms with E-state index in [0.717, 1.165) is 28.4 Å². The summed E-state index contributed by atoms with van der Waals surface area (Å²) in [5.41, 5.74) is 4.38. The van der Waals surface area contributed by atoms with Gasteiger partial charge in [-0.15, -0.1) is 0 Å². The van der Waals surface area contributed by atoms with Gasteiger partial charge in [0, 0.05) is 29.0 Å². The first-order valence-corrected chi connectivity index (χ1v) is 9.69. The van der Waals surface area contributed by atoms with Crippen LogP contribution in [0.4, 0.5) is 0 Å². The number of nitrogens with one attached hydrogen (secondary N) is 1. The summed E-state index contributed by atoms with van der Waals surface area (Å²) in [7, 11) is 1.65. The number of carbonyl (C=O) groups is 1. The van der Waals surface area contributed by atoms with E-state index in [1.807, 2.05) is 61.5 Å². The molecule has 1 N–H and O–H groups in total. The quantitative estimate of drug-likeness (QED) is 0.597. The van der Waals surface area contributed by atoms with Gasteiger partial charge in [-0.25, -0.2) is 0 Å². The summed E-state index contributed by atoms with van der Waals surface area (Å²) in [5.74, 6) is 1.09. The molecular weight excluding hydrogens is 372 g/mol. The highest BCUT2D eigenvalue weighted by molar-refractivity contribution is 6.30. The molecule has 4 nitrogen and oxygen atoms in total. The van der Waals surface area contributed by atoms with Crippen LogP contribution in [0.1, 0.15) is 29.9 Å². The van der Waals surface area contributed by atoms with Gasteiger partial charge in [0.1, 0.15) is 5.75 Å². The van der Waals surface area contributed by atoms with E-state index < -0.39 is 0 Å². The molecule has 146 valence electrons. The number of nitrogens with zero attached hydrogens (tertiary/aromatic N) is 1. The number of amides is 1. The topological polar surface area (TPSA) is 43.3 Å². The highest BCUT2D eigenvalue weighted by atomic mass is 35.5. The molecule has 3 aromatic rings. The van der Waals surface area contributed by atoms with Crippen molar-refractivity contribution in [2.24, 2.45) is 5.92 Å². The molecule has 0 aliphatic carbocycles. The standard InChI is InChI=1S/C23H25ClN2O2/c1-15(2)14-25-23(27)21-13-22(17-8-10-18(24)11-9-17)26(16(21)3)19-6-5-7-20(12-19)28-4/h5-13,15H,14H2,1-4H3,(H,25,27). The molecule has 0 aliphatic rings. The average molecular weight is 397 g/mol. The van der Waals surface area contributed by atoms with E-state index in [4.69, 9.17) is 16.3 Å². The molecule has 0 atom stereocenters. The molecule has 1 heterocycles. The van der Waals surface area contributed by atoms with Crippen molar-refractivity contribution < 1.29 is 9.53 Å². The average Bonchev–Trinajstić information content (AvgIpc) is 3.04. The van der Waals surface area contributed by atoms with Gasteiger partial charge in [-0.05, 0) is 48.7 Å². The second-order valence-corrected chi connectivity index (χ2v) is 7.61. The van der Waals surface area contributed by atoms with Crippen molar-refractivity contribution in [3.8, 4) is 22.7 Å². The Morgan fingerprint density at radius 1 is 1.14 bits per heavy atom. The Kier molecular flexibility index (Phi) is 6.10. The molecule has 5 heteroatoms. The summed E-state index contributed by atoms with van der Waals surface area (Å²) in [6.07, 6.45) is 0. The van der Waals surface area contributed by atoms with Crippen LogP contribution in [0.5, 0.6) is 5.75 Å². The molecule has 1 amide bonds. The monoisotopic (exact) mass is 396 g/mol. The number of hydrogen-bond acceptors (Lipinski definition) is 2. The summed E-state index contributed by atoms with van der Waals surface area (Å²) in [6.45, 7) is 6.75. The Bertz CT molecular complexity index is 975. The maximum absolute atomic E-state index is 12.8. The minimum Gasteiger partial charge on any atom is -0.497 e. The van der Waals surface area contributed by atoms with Gasteiger partial charge in [-0.3, -0.25) is 4.79 Å². The van der Waals surface area contributed by atoms with Gasteiger partial charge in [0.15, 0.2) is 0 Å². The number of hydrogen-bond donors (Lipinski definition) is 1. The maximum atomic E-state index is 12.8. The molecule has 0 bridgehead atoms. The zero-order chi connectivity index (χ0) is 20.3. The van der Waals surface area contributed by atoms with Gasteiger partial charge >= 0.3 is 0 Å². The highest BCUT2D eigenvalue weighted by Crippen LogP contribution is 2.31. The fourth-order valence-corrected chi connectivity index (χ4v) is 3.27. The molecule has 3 rings (SSSR count). The van der Waals surface area contributed by atoms with E-state index in [1.165, 1.54) is 0 Å². The highest BCUT2D eigenvalue weighted by Gasteiger charge is 2.20. The Hall–Kier alpha value is -2.72. The van der Waals surface area contributed by atoms with Crippen molar-refractivity contribution in [1.82, 2.24) is 9.88 Å². The third-order valence-corrected chi connectivity index (χ3v) is 4.87. The predicted molar refractivity (Wildman–Crippen MR) is 115 cm³/mol. The maximum Gasteiger partial charge on any atom is 0.253 e. The van der Waals surface area contributed by atoms with Crippen molar-refractivity contribution in [2.45, 2.75) is 20.8 Å². The molecule has 0 aliphatic heterocycles. The van der Waals surface area contributed by atoms with Crippen molar-refractivity contribution in [2.75, 3.05) is 13.7 Å². The van der Waals surface area contributed by atoms with E-state index in [1.54, 1.807) is 7.11 Å². The van der Waals surface area contributed by atoms with Crippen LogP contribution < -0.4 is 10.1 Å². The Labute approximate surface area is 171 Å². The fraction of sp³-hybridized carbons (Fsp3) is 0.261. The van der Waals surface area contributed by atoms with Gasteiger partial charge in [0.2, 0.25) is 0 Å². The summed E-state index contributed by atoms with van der Waals surface area (Å²) in [5, 5.41) is 3.69. The smallest absolute Gasteiger partial charge is 0.253 e. The van der Waals surface area contributed by atoms with E-state index >= 15 is 0 Å². The molecule has 28 heavy (non-hydrogen) atoms. The van der Waals surface area contributed by atoms with Crippen LogP contribution in [-0.2, 0) is 0 Å². The summed E-state index contributed by atoms with van der Waals surface area (Å²) >= 11 is 6.07. The van der Waals surface area contributed by atoms with Gasteiger partial charge in [-0.1, -0.05) is 43.6 Å². The van der Waals surface area contributed by atoms with E-state index in [0.29, 0.717) is 23.0 Å². The lowest BCUT2D eigenvalue weighted by Crippen LogP contribution is -2.27. The molecule has 0 unspecified atom stereocenters. The van der Waals surface area contributed by atoms with Crippen LogP contribution in [0.25, 0.3) is 16.9 Å². The van der Waals surface area contributed by atoms with Crippen molar-refractivity contribution >= 4 is 17.5 Å². The third-order valence-electron chi connectivity index (χ3n) is 4.61. The first kappa shape index (κ1) is 20.0. The first-order chi connectivity index (χ1) is 13.4. The van der Waals surface area contributed by atoms with Crippen LogP contribution in [-0.4, -0.2) is 24.1 Å². The fourth-order valence-electron chi connectivity index (χ4n) is 3.14. The third kappa shape index (κ3) is 4.23. The lowest BCUT2D eigenvalue weighted by molar-refractivity contribution is 0.0948. The van der Waals surface area contributed by atoms with Crippen molar-refractivity contribution in [3.63, 3.8) is 0 Å². The first-order valence-electron chi connectivity index (χ1n) is 9.31. The number of aromatic nitrogens is 1. The van der Waals surface area contributed by atoms with Crippen LogP contribution in [0.2, 0.25) is 5.02 Å². The van der Waals surface area contributed by atoms with Crippen LogP contribution >= 0.6 is 11.6 Å². The predicted octanol–water partition coefficient (Wildman–Crippen LogP) is 5.50. The van der Waals surface area contributed by atoms with Crippen molar-refractivity contribution in [3.05, 3.63) is 70.9 Å². The zero-order valence-electron chi connectivity index (χ0n) is 16.6. The van der Waals surface area contributed by atoms with Gasteiger partial charge in [0.25, 0.3) is 5.91 Å². The number of benzene rings is 2. The number of carbonyl (C=O) groups excluding carboxylic acids is 1. The normalized spacial score (nSPS) is 10.9. The number of halogens is 1. The van der Waals surface area contributed by atoms with Gasteiger partial charge in [-0.2, -0.15) is 0 Å². The second-order valence-electron chi connectivity index (χ2n) is 7.18. The zero-order valence-corrected chi connectivity index (χ0v) is 17.4. The largest absolute Gasteiger partial charge is 0.497 e. The number of rotatable bonds is 6. The number of ether oxygens (including phenoxy) is 1. The van der Waals surface area contributed by atoms with Crippen LogP contribution in [0, 0.1) is 12.8 Å². The second kappa shape index (κ2) is 8.53. The molecule has 0 saturated heterocycles. The van der Waals surface area contributed by atoms with Crippen LogP contribution in [0.15, 0.2) is 54.6 Å². The van der Waals surface area contributed by atoms with Crippen molar-refractivity contribution in [1.29, 1.82) is 0 Å². The molecular formula is C23H25ClN2O2. The molecule has 0 radical (unpaired) electrons. The molecule has 0 fully saturated rings. The molecule has 0 spiro atoms. The van der Waals surface area contributed by atoms with Gasteiger partial charge in [0.05, 0.1) is 18.4 Å².